The van der Waals surface area contributed by atoms with Gasteiger partial charge in [0.1, 0.15) is 0 Å². The minimum atomic E-state index is -0.493. The van der Waals surface area contributed by atoms with E-state index in [1.54, 1.807) is 18.2 Å². The lowest BCUT2D eigenvalue weighted by Crippen LogP contribution is -2.00. The second kappa shape index (κ2) is 5.10. The lowest BCUT2D eigenvalue weighted by atomic mass is 10.0. The standard InChI is InChI=1S/C11H16O3/c1-2-11(14)8-3-4-9(6-12)10(5-8)7-13/h3-5,11-14H,2,6-7H2,1H3. The van der Waals surface area contributed by atoms with E-state index in [0.717, 1.165) is 5.56 Å². The normalized spacial score (nSPS) is 12.9. The maximum absolute atomic E-state index is 9.57. The first kappa shape index (κ1) is 11.2. The summed E-state index contributed by atoms with van der Waals surface area (Å²) in [7, 11) is 0. The Morgan fingerprint density at radius 2 is 1.79 bits per heavy atom. The summed E-state index contributed by atoms with van der Waals surface area (Å²) in [6.45, 7) is 1.70. The van der Waals surface area contributed by atoms with Gasteiger partial charge in [-0.15, -0.1) is 0 Å². The van der Waals surface area contributed by atoms with Crippen molar-refractivity contribution in [2.75, 3.05) is 0 Å². The molecule has 0 bridgehead atoms. The number of hydrogen-bond donors (Lipinski definition) is 3. The van der Waals surface area contributed by atoms with Gasteiger partial charge in [0.15, 0.2) is 0 Å². The van der Waals surface area contributed by atoms with Crippen LogP contribution in [0, 0.1) is 0 Å². The van der Waals surface area contributed by atoms with E-state index in [0.29, 0.717) is 17.5 Å². The predicted molar refractivity (Wildman–Crippen MR) is 53.5 cm³/mol. The fourth-order valence-corrected chi connectivity index (χ4v) is 1.39. The summed E-state index contributed by atoms with van der Waals surface area (Å²) < 4.78 is 0. The fraction of sp³-hybridized carbons (Fsp3) is 0.455. The molecule has 1 aromatic carbocycles. The third-order valence-electron chi connectivity index (χ3n) is 2.34. The molecule has 0 aliphatic rings. The van der Waals surface area contributed by atoms with Crippen LogP contribution in [-0.2, 0) is 13.2 Å². The molecular weight excluding hydrogens is 180 g/mol. The van der Waals surface area contributed by atoms with Crippen molar-refractivity contribution in [2.45, 2.75) is 32.7 Å². The monoisotopic (exact) mass is 196 g/mol. The highest BCUT2D eigenvalue weighted by Gasteiger charge is 2.07. The molecule has 0 aromatic heterocycles. The molecule has 0 aliphatic carbocycles. The van der Waals surface area contributed by atoms with Crippen molar-refractivity contribution in [1.29, 1.82) is 0 Å². The van der Waals surface area contributed by atoms with Crippen LogP contribution in [0.25, 0.3) is 0 Å². The van der Waals surface area contributed by atoms with Crippen LogP contribution in [0.1, 0.15) is 36.1 Å². The van der Waals surface area contributed by atoms with Crippen LogP contribution in [0.4, 0.5) is 0 Å². The van der Waals surface area contributed by atoms with Gasteiger partial charge in [0.25, 0.3) is 0 Å². The Morgan fingerprint density at radius 1 is 1.14 bits per heavy atom. The third-order valence-corrected chi connectivity index (χ3v) is 2.34. The maximum atomic E-state index is 9.57. The van der Waals surface area contributed by atoms with Crippen molar-refractivity contribution >= 4 is 0 Å². The van der Waals surface area contributed by atoms with Gasteiger partial charge in [-0.1, -0.05) is 25.1 Å². The highest BCUT2D eigenvalue weighted by molar-refractivity contribution is 5.32. The first-order valence-corrected chi connectivity index (χ1v) is 4.74. The van der Waals surface area contributed by atoms with Crippen LogP contribution < -0.4 is 0 Å². The van der Waals surface area contributed by atoms with Crippen molar-refractivity contribution in [3.05, 3.63) is 34.9 Å². The molecule has 1 unspecified atom stereocenters. The van der Waals surface area contributed by atoms with Crippen LogP contribution in [0.15, 0.2) is 18.2 Å². The van der Waals surface area contributed by atoms with Crippen LogP contribution >= 0.6 is 0 Å². The van der Waals surface area contributed by atoms with Crippen molar-refractivity contribution in [3.8, 4) is 0 Å². The summed E-state index contributed by atoms with van der Waals surface area (Å²) in [6.07, 6.45) is 0.150. The Balaban J connectivity index is 3.01. The SMILES string of the molecule is CCC(O)c1ccc(CO)c(CO)c1. The van der Waals surface area contributed by atoms with Crippen molar-refractivity contribution in [3.63, 3.8) is 0 Å². The van der Waals surface area contributed by atoms with Gasteiger partial charge in [0.2, 0.25) is 0 Å². The van der Waals surface area contributed by atoms with E-state index in [9.17, 15) is 5.11 Å². The molecule has 3 heteroatoms. The van der Waals surface area contributed by atoms with E-state index >= 15 is 0 Å². The second-order valence-corrected chi connectivity index (χ2v) is 3.27. The zero-order chi connectivity index (χ0) is 10.6. The van der Waals surface area contributed by atoms with E-state index in [1.165, 1.54) is 0 Å². The lowest BCUT2D eigenvalue weighted by Gasteiger charge is -2.11. The van der Waals surface area contributed by atoms with Gasteiger partial charge in [-0.25, -0.2) is 0 Å². The molecule has 0 radical (unpaired) electrons. The van der Waals surface area contributed by atoms with E-state index in [-0.39, 0.29) is 13.2 Å². The zero-order valence-electron chi connectivity index (χ0n) is 8.27. The Morgan fingerprint density at radius 3 is 2.29 bits per heavy atom. The summed E-state index contributed by atoms with van der Waals surface area (Å²) in [5.41, 5.74) is 2.17. The average Bonchev–Trinajstić information content (AvgIpc) is 2.26. The zero-order valence-corrected chi connectivity index (χ0v) is 8.27. The van der Waals surface area contributed by atoms with Gasteiger partial charge in [0, 0.05) is 0 Å². The topological polar surface area (TPSA) is 60.7 Å². The van der Waals surface area contributed by atoms with E-state index in [1.807, 2.05) is 6.92 Å². The molecule has 0 amide bonds. The van der Waals surface area contributed by atoms with Crippen LogP contribution in [0.3, 0.4) is 0 Å². The quantitative estimate of drug-likeness (QED) is 0.676. The van der Waals surface area contributed by atoms with Gasteiger partial charge < -0.3 is 15.3 Å². The highest BCUT2D eigenvalue weighted by atomic mass is 16.3. The Bertz CT molecular complexity index is 297. The first-order valence-electron chi connectivity index (χ1n) is 4.74. The molecule has 14 heavy (non-hydrogen) atoms. The van der Waals surface area contributed by atoms with E-state index < -0.39 is 6.10 Å². The number of rotatable bonds is 4. The molecule has 78 valence electrons. The minimum absolute atomic E-state index is 0.0849. The molecule has 3 N–H and O–H groups in total. The van der Waals surface area contributed by atoms with Gasteiger partial charge in [0.05, 0.1) is 19.3 Å². The molecule has 1 atom stereocenters. The average molecular weight is 196 g/mol. The molecule has 1 aromatic rings. The number of benzene rings is 1. The molecule has 0 saturated heterocycles. The molecule has 0 saturated carbocycles. The molecule has 0 spiro atoms. The highest BCUT2D eigenvalue weighted by Crippen LogP contribution is 2.20. The summed E-state index contributed by atoms with van der Waals surface area (Å²) in [6, 6.07) is 5.25. The molecule has 0 fully saturated rings. The van der Waals surface area contributed by atoms with Crippen LogP contribution in [-0.4, -0.2) is 15.3 Å². The fourth-order valence-electron chi connectivity index (χ4n) is 1.39. The maximum Gasteiger partial charge on any atom is 0.0787 e. The molecule has 0 aliphatic heterocycles. The van der Waals surface area contributed by atoms with Crippen molar-refractivity contribution in [2.24, 2.45) is 0 Å². The van der Waals surface area contributed by atoms with E-state index in [4.69, 9.17) is 10.2 Å². The summed E-state index contributed by atoms with van der Waals surface area (Å²) in [5.74, 6) is 0. The van der Waals surface area contributed by atoms with E-state index in [2.05, 4.69) is 0 Å². The number of aliphatic hydroxyl groups excluding tert-OH is 3. The Hall–Kier alpha value is -0.900. The van der Waals surface area contributed by atoms with Crippen molar-refractivity contribution < 1.29 is 15.3 Å². The Labute approximate surface area is 83.6 Å². The molecule has 0 heterocycles. The van der Waals surface area contributed by atoms with Gasteiger partial charge in [-0.2, -0.15) is 0 Å². The molecule has 3 nitrogen and oxygen atoms in total. The van der Waals surface area contributed by atoms with Crippen LogP contribution in [0.5, 0.6) is 0 Å². The number of hydrogen-bond acceptors (Lipinski definition) is 3. The molecule has 1 rings (SSSR count). The van der Waals surface area contributed by atoms with Gasteiger partial charge in [-0.3, -0.25) is 0 Å². The number of aliphatic hydroxyl groups is 3. The smallest absolute Gasteiger partial charge is 0.0787 e. The van der Waals surface area contributed by atoms with Gasteiger partial charge in [-0.05, 0) is 23.1 Å². The summed E-state index contributed by atoms with van der Waals surface area (Å²) >= 11 is 0. The van der Waals surface area contributed by atoms with Crippen molar-refractivity contribution in [1.82, 2.24) is 0 Å². The summed E-state index contributed by atoms with van der Waals surface area (Å²) in [4.78, 5) is 0. The summed E-state index contributed by atoms with van der Waals surface area (Å²) in [5, 5.41) is 27.6. The lowest BCUT2D eigenvalue weighted by molar-refractivity contribution is 0.173. The Kier molecular flexibility index (Phi) is 4.07. The predicted octanol–water partition coefficient (Wildman–Crippen LogP) is 1.11. The largest absolute Gasteiger partial charge is 0.392 e. The third kappa shape index (κ3) is 2.32. The second-order valence-electron chi connectivity index (χ2n) is 3.27. The molecular formula is C11H16O3. The minimum Gasteiger partial charge on any atom is -0.392 e. The first-order chi connectivity index (χ1) is 6.72. The van der Waals surface area contributed by atoms with Crippen LogP contribution in [0.2, 0.25) is 0 Å². The van der Waals surface area contributed by atoms with Gasteiger partial charge >= 0.3 is 0 Å².